The van der Waals surface area contributed by atoms with Crippen LogP contribution in [-0.2, 0) is 29.7 Å². The smallest absolute Gasteiger partial charge is 0.315 e. The summed E-state index contributed by atoms with van der Waals surface area (Å²) in [5.41, 5.74) is -1.95. The number of carbonyl (C=O) groups excluding carboxylic acids is 1. The Hall–Kier alpha value is -1.64. The number of ether oxygens (including phenoxy) is 4. The number of rotatable bonds is 3. The molecular weight excluding hydrogens is 518 g/mol. The lowest BCUT2D eigenvalue weighted by atomic mass is 9.43. The van der Waals surface area contributed by atoms with Crippen molar-refractivity contribution in [3.05, 3.63) is 42.2 Å². The summed E-state index contributed by atoms with van der Waals surface area (Å²) in [6.45, 7) is 13.3. The standard InChI is InChI=1S/C34H45NO6/c1-19(24-17-31(5)29(2,3)40-34(39-24,41-31)20-9-8-16-35-18-20)21-11-12-22-26-23(13-15-30(21,22)4)32(6)25(36)10-7-14-33(32,37)28-27(26)38-28/h7-10,16,18-19,21-24,26-28,37H,11-15,17H2,1-6H3/t19-,21+,22-,23+,24+,26-,27-,28-,30+,31+,32-,33-,34-/m0/s1. The highest BCUT2D eigenvalue weighted by Crippen LogP contribution is 2.72. The topological polar surface area (TPSA) is 90.4 Å². The number of carbonyl (C=O) groups is 1. The average Bonchev–Trinajstić information content (AvgIpc) is 3.63. The minimum atomic E-state index is -1.26. The zero-order valence-corrected chi connectivity index (χ0v) is 25.3. The number of fused-ring (bicyclic) bond motifs is 10. The maximum Gasteiger partial charge on any atom is 0.315 e. The van der Waals surface area contributed by atoms with Gasteiger partial charge >= 0.3 is 5.97 Å². The molecule has 7 heteroatoms. The van der Waals surface area contributed by atoms with E-state index < -0.39 is 28.2 Å². The van der Waals surface area contributed by atoms with E-state index in [-0.39, 0.29) is 35.4 Å². The lowest BCUT2D eigenvalue weighted by molar-refractivity contribution is -0.407. The molecule has 3 aliphatic heterocycles. The Morgan fingerprint density at radius 1 is 1.07 bits per heavy atom. The highest BCUT2D eigenvalue weighted by atomic mass is 16.9. The van der Waals surface area contributed by atoms with E-state index in [1.165, 1.54) is 0 Å². The van der Waals surface area contributed by atoms with E-state index in [1.54, 1.807) is 18.5 Å². The molecule has 6 fully saturated rings. The summed E-state index contributed by atoms with van der Waals surface area (Å²) in [5.74, 6) is 0.529. The molecular formula is C34H45NO6. The number of hydrogen-bond acceptors (Lipinski definition) is 7. The normalized spacial score (nSPS) is 55.0. The number of pyridine rings is 1. The second kappa shape index (κ2) is 8.09. The van der Waals surface area contributed by atoms with Crippen LogP contribution in [0.3, 0.4) is 0 Å². The summed E-state index contributed by atoms with van der Waals surface area (Å²) in [6.07, 6.45) is 12.5. The van der Waals surface area contributed by atoms with Crippen molar-refractivity contribution in [2.24, 2.45) is 40.4 Å². The summed E-state index contributed by atoms with van der Waals surface area (Å²) in [4.78, 5) is 17.8. The van der Waals surface area contributed by atoms with Crippen molar-refractivity contribution < 1.29 is 28.8 Å². The molecule has 1 aromatic rings. The molecule has 0 aromatic carbocycles. The van der Waals surface area contributed by atoms with E-state index in [1.807, 2.05) is 25.1 Å². The fourth-order valence-corrected chi connectivity index (χ4v) is 11.0. The van der Waals surface area contributed by atoms with Crippen LogP contribution in [0, 0.1) is 40.4 Å². The molecule has 4 heterocycles. The van der Waals surface area contributed by atoms with Crippen molar-refractivity contribution in [1.82, 2.24) is 4.98 Å². The van der Waals surface area contributed by atoms with Crippen molar-refractivity contribution in [2.75, 3.05) is 0 Å². The summed E-state index contributed by atoms with van der Waals surface area (Å²) in [7, 11) is 0. The van der Waals surface area contributed by atoms with Gasteiger partial charge in [-0.25, -0.2) is 0 Å². The lowest BCUT2D eigenvalue weighted by Crippen LogP contribution is -2.67. The van der Waals surface area contributed by atoms with Gasteiger partial charge in [0.05, 0.1) is 28.8 Å². The van der Waals surface area contributed by atoms with E-state index in [0.717, 1.165) is 37.7 Å². The van der Waals surface area contributed by atoms with Gasteiger partial charge in [-0.2, -0.15) is 0 Å². The van der Waals surface area contributed by atoms with Crippen LogP contribution in [0.1, 0.15) is 85.6 Å². The lowest BCUT2D eigenvalue weighted by Gasteiger charge is -2.60. The molecule has 0 amide bonds. The van der Waals surface area contributed by atoms with Crippen molar-refractivity contribution in [3.63, 3.8) is 0 Å². The van der Waals surface area contributed by atoms with Gasteiger partial charge in [-0.3, -0.25) is 9.78 Å². The first-order chi connectivity index (χ1) is 19.3. The predicted octanol–water partition coefficient (Wildman–Crippen LogP) is 5.31. The highest BCUT2D eigenvalue weighted by molar-refractivity contribution is 5.97. The van der Waals surface area contributed by atoms with Gasteiger partial charge in [0.1, 0.15) is 17.3 Å². The molecule has 41 heavy (non-hydrogen) atoms. The summed E-state index contributed by atoms with van der Waals surface area (Å²) in [5, 5.41) is 11.9. The van der Waals surface area contributed by atoms with Crippen LogP contribution >= 0.6 is 0 Å². The number of aromatic nitrogens is 1. The second-order valence-corrected chi connectivity index (χ2v) is 15.6. The highest BCUT2D eigenvalue weighted by Gasteiger charge is 2.77. The Morgan fingerprint density at radius 3 is 2.63 bits per heavy atom. The summed E-state index contributed by atoms with van der Waals surface area (Å²) < 4.78 is 26.5. The largest absolute Gasteiger partial charge is 0.386 e. The molecule has 3 saturated heterocycles. The van der Waals surface area contributed by atoms with E-state index in [4.69, 9.17) is 18.9 Å². The fourth-order valence-electron chi connectivity index (χ4n) is 11.0. The molecule has 3 saturated carbocycles. The quantitative estimate of drug-likeness (QED) is 0.499. The van der Waals surface area contributed by atoms with Crippen molar-refractivity contribution in [1.29, 1.82) is 0 Å². The predicted molar refractivity (Wildman–Crippen MR) is 150 cm³/mol. The molecule has 0 spiro atoms. The molecule has 1 aromatic heterocycles. The van der Waals surface area contributed by atoms with Crippen LogP contribution in [0.4, 0.5) is 0 Å². The van der Waals surface area contributed by atoms with Gasteiger partial charge < -0.3 is 24.1 Å². The van der Waals surface area contributed by atoms with Gasteiger partial charge in [-0.1, -0.05) is 19.9 Å². The third-order valence-corrected chi connectivity index (χ3v) is 13.8. The molecule has 4 aliphatic carbocycles. The van der Waals surface area contributed by atoms with E-state index in [9.17, 15) is 9.90 Å². The number of allylic oxidation sites excluding steroid dienone is 1. The zero-order chi connectivity index (χ0) is 28.8. The molecule has 222 valence electrons. The SMILES string of the molecule is C[C@@H]([C@H]1CC[C@H]2[C@@H]3[C@@H]4O[C@@H]4[C@@]4(O)CC=CC(=O)[C@]4(C)[C@@H]3CC[C@]12C)[C@H]1C[C@@]2(C)O[C@@](c3cccnc3)(O1)OC2(C)C. The zero-order valence-electron chi connectivity index (χ0n) is 25.3. The average molecular weight is 564 g/mol. The Balaban J connectivity index is 1.10. The molecule has 0 unspecified atom stereocenters. The van der Waals surface area contributed by atoms with E-state index in [0.29, 0.717) is 30.1 Å². The van der Waals surface area contributed by atoms with Crippen LogP contribution in [0.15, 0.2) is 36.7 Å². The Labute approximate surface area is 243 Å². The Bertz CT molecular complexity index is 1310. The van der Waals surface area contributed by atoms with Crippen molar-refractivity contribution >= 4 is 5.78 Å². The third kappa shape index (κ3) is 3.18. The molecule has 1 N–H and O–H groups in total. The van der Waals surface area contributed by atoms with Crippen molar-refractivity contribution in [2.45, 2.75) is 121 Å². The number of hydrogen-bond donors (Lipinski definition) is 1. The molecule has 2 bridgehead atoms. The molecule has 8 rings (SSSR count). The summed E-state index contributed by atoms with van der Waals surface area (Å²) in [6, 6.07) is 3.89. The monoisotopic (exact) mass is 563 g/mol. The van der Waals surface area contributed by atoms with Crippen LogP contribution in [-0.4, -0.2) is 51.0 Å². The van der Waals surface area contributed by atoms with E-state index >= 15 is 0 Å². The minimum Gasteiger partial charge on any atom is -0.386 e. The Morgan fingerprint density at radius 2 is 1.88 bits per heavy atom. The van der Waals surface area contributed by atoms with Crippen molar-refractivity contribution in [3.8, 4) is 0 Å². The van der Waals surface area contributed by atoms with Gasteiger partial charge in [0.2, 0.25) is 0 Å². The maximum atomic E-state index is 13.5. The minimum absolute atomic E-state index is 0.0297. The number of aliphatic hydroxyl groups is 1. The number of nitrogens with zero attached hydrogens (tertiary/aromatic N) is 1. The first kappa shape index (κ1) is 26.9. The van der Waals surface area contributed by atoms with E-state index in [2.05, 4.69) is 39.6 Å². The molecule has 0 radical (unpaired) electrons. The van der Waals surface area contributed by atoms with Gasteiger partial charge in [-0.15, -0.1) is 0 Å². The molecule has 13 atom stereocenters. The van der Waals surface area contributed by atoms with Crippen LogP contribution in [0.5, 0.6) is 0 Å². The molecule has 7 nitrogen and oxygen atoms in total. The first-order valence-corrected chi connectivity index (χ1v) is 15.9. The second-order valence-electron chi connectivity index (χ2n) is 15.6. The van der Waals surface area contributed by atoms with Gasteiger partial charge in [0.15, 0.2) is 5.78 Å². The van der Waals surface area contributed by atoms with Crippen LogP contribution < -0.4 is 0 Å². The third-order valence-electron chi connectivity index (χ3n) is 13.8. The fraction of sp³-hybridized carbons (Fsp3) is 0.765. The number of epoxide rings is 1. The van der Waals surface area contributed by atoms with Gasteiger partial charge in [-0.05, 0) is 113 Å². The number of ketones is 1. The maximum absolute atomic E-state index is 13.5. The molecule has 7 aliphatic rings. The van der Waals surface area contributed by atoms with Gasteiger partial charge in [0, 0.05) is 18.8 Å². The van der Waals surface area contributed by atoms with Crippen LogP contribution in [0.2, 0.25) is 0 Å². The first-order valence-electron chi connectivity index (χ1n) is 15.9. The Kier molecular flexibility index (Phi) is 5.32. The van der Waals surface area contributed by atoms with Gasteiger partial charge in [0.25, 0.3) is 0 Å². The summed E-state index contributed by atoms with van der Waals surface area (Å²) >= 11 is 0. The van der Waals surface area contributed by atoms with Crippen LogP contribution in [0.25, 0.3) is 0 Å².